The average Bonchev–Trinajstić information content (AvgIpc) is 3.37. The van der Waals surface area contributed by atoms with Crippen molar-refractivity contribution in [2.24, 2.45) is 11.3 Å². The number of carbonyl (C=O) groups excluding carboxylic acids is 3. The number of amides is 3. The third-order valence-corrected chi connectivity index (χ3v) is 8.78. The van der Waals surface area contributed by atoms with Crippen molar-refractivity contribution in [2.45, 2.75) is 81.5 Å². The number of halogens is 5. The fourth-order valence-electron chi connectivity index (χ4n) is 6.20. The summed E-state index contributed by atoms with van der Waals surface area (Å²) < 4.78 is 74.6. The van der Waals surface area contributed by atoms with Gasteiger partial charge in [0.25, 0.3) is 5.91 Å². The van der Waals surface area contributed by atoms with E-state index >= 15 is 0 Å². The molecule has 2 saturated carbocycles. The lowest BCUT2D eigenvalue weighted by Gasteiger charge is -2.33. The van der Waals surface area contributed by atoms with Crippen molar-refractivity contribution in [1.29, 1.82) is 0 Å². The lowest BCUT2D eigenvalue weighted by molar-refractivity contribution is -0.155. The van der Waals surface area contributed by atoms with Crippen molar-refractivity contribution in [3.63, 3.8) is 0 Å². The van der Waals surface area contributed by atoms with Crippen LogP contribution in [0.4, 0.5) is 22.0 Å². The number of fused-ring (bicyclic) bond motifs is 1. The Kier molecular flexibility index (Phi) is 7.31. The van der Waals surface area contributed by atoms with Crippen LogP contribution in [0.25, 0.3) is 5.65 Å². The van der Waals surface area contributed by atoms with Gasteiger partial charge in [-0.15, -0.1) is 0 Å². The zero-order valence-corrected chi connectivity index (χ0v) is 23.5. The number of aromatic nitrogens is 5. The van der Waals surface area contributed by atoms with E-state index in [9.17, 15) is 36.3 Å². The van der Waals surface area contributed by atoms with Gasteiger partial charge in [-0.3, -0.25) is 14.4 Å². The summed E-state index contributed by atoms with van der Waals surface area (Å²) in [5, 5.41) is 18.9. The Hall–Kier alpha value is -4.18. The number of hydrogen-bond donors (Lipinski definition) is 3. The van der Waals surface area contributed by atoms with Gasteiger partial charge in [-0.25, -0.2) is 22.9 Å². The molecule has 3 N–H and O–H groups in total. The Balaban J connectivity index is 1.30. The molecule has 12 nitrogen and oxygen atoms in total. The number of rotatable bonds is 8. The highest BCUT2D eigenvalue weighted by Gasteiger charge is 2.59. The first-order chi connectivity index (χ1) is 20.8. The molecule has 0 unspecified atom stereocenters. The maximum atomic E-state index is 14.0. The molecule has 1 aliphatic heterocycles. The van der Waals surface area contributed by atoms with Gasteiger partial charge in [-0.05, 0) is 61.2 Å². The van der Waals surface area contributed by atoms with Crippen molar-refractivity contribution in [3.05, 3.63) is 41.1 Å². The zero-order chi connectivity index (χ0) is 31.4. The molecule has 236 valence electrons. The molecule has 0 radical (unpaired) electrons. The Morgan fingerprint density at radius 1 is 1.18 bits per heavy atom. The molecule has 3 fully saturated rings. The summed E-state index contributed by atoms with van der Waals surface area (Å²) in [6.45, 7) is 0. The molecule has 3 aliphatic rings. The predicted molar refractivity (Wildman–Crippen MR) is 139 cm³/mol. The van der Waals surface area contributed by atoms with Crippen LogP contribution >= 0.6 is 0 Å². The fourth-order valence-corrected chi connectivity index (χ4v) is 6.20. The second kappa shape index (κ2) is 10.8. The van der Waals surface area contributed by atoms with Crippen molar-refractivity contribution in [3.8, 4) is 0 Å². The van der Waals surface area contributed by atoms with Crippen LogP contribution in [0, 0.1) is 11.3 Å². The van der Waals surface area contributed by atoms with Crippen LogP contribution in [0.5, 0.6) is 0 Å². The van der Waals surface area contributed by atoms with Gasteiger partial charge in [0.05, 0.1) is 24.1 Å². The van der Waals surface area contributed by atoms with Gasteiger partial charge in [0.2, 0.25) is 17.7 Å². The number of nitrogens with one attached hydrogen (secondary N) is 3. The van der Waals surface area contributed by atoms with Gasteiger partial charge in [-0.2, -0.15) is 18.3 Å². The number of nitrogens with zero attached hydrogens (tertiary/aromatic N) is 5. The molecular formula is C27H29F5N8O4. The summed E-state index contributed by atoms with van der Waals surface area (Å²) in [5.41, 5.74) is -0.756. The summed E-state index contributed by atoms with van der Waals surface area (Å²) >= 11 is 0. The molecule has 3 atom stereocenters. The van der Waals surface area contributed by atoms with Gasteiger partial charge < -0.3 is 16.0 Å². The molecule has 17 heteroatoms. The molecule has 0 aromatic carbocycles. The smallest absolute Gasteiger partial charge is 0.358 e. The van der Waals surface area contributed by atoms with Gasteiger partial charge >= 0.3 is 6.18 Å². The van der Waals surface area contributed by atoms with E-state index in [2.05, 4.69) is 31.0 Å². The number of imidazole rings is 1. The van der Waals surface area contributed by atoms with Crippen LogP contribution in [-0.2, 0) is 16.0 Å². The largest absolute Gasteiger partial charge is 0.408 e. The van der Waals surface area contributed by atoms with E-state index in [1.807, 2.05) is 5.32 Å². The Morgan fingerprint density at radius 2 is 1.91 bits per heavy atom. The van der Waals surface area contributed by atoms with Gasteiger partial charge in [0.15, 0.2) is 11.3 Å². The average molecular weight is 625 g/mol. The summed E-state index contributed by atoms with van der Waals surface area (Å²) in [6, 6.07) is -1.51. The quantitative estimate of drug-likeness (QED) is 0.255. The monoisotopic (exact) mass is 624 g/mol. The molecule has 6 rings (SSSR count). The van der Waals surface area contributed by atoms with E-state index in [0.717, 1.165) is 12.8 Å². The SMILES string of the molecule is CNC(=O)[C@@]1(Cc2cnn3cc([C@@H](NC(=O)c4nonc4C4CC4)C4CCC(F)(F)CC4)nc3c2)C[C@@H](C(F)(F)F)NC1=O. The van der Waals surface area contributed by atoms with Crippen LogP contribution in [-0.4, -0.2) is 67.8 Å². The molecule has 44 heavy (non-hydrogen) atoms. The van der Waals surface area contributed by atoms with Crippen LogP contribution in [0.3, 0.4) is 0 Å². The lowest BCUT2D eigenvalue weighted by Crippen LogP contribution is -2.46. The highest BCUT2D eigenvalue weighted by atomic mass is 19.4. The van der Waals surface area contributed by atoms with E-state index in [1.165, 1.54) is 30.0 Å². The topological polar surface area (TPSA) is 156 Å². The van der Waals surface area contributed by atoms with E-state index in [0.29, 0.717) is 11.4 Å². The van der Waals surface area contributed by atoms with Crippen LogP contribution in [0.1, 0.15) is 84.3 Å². The Morgan fingerprint density at radius 3 is 2.55 bits per heavy atom. The minimum Gasteiger partial charge on any atom is -0.358 e. The Labute approximate surface area is 246 Å². The Bertz CT molecular complexity index is 1590. The highest BCUT2D eigenvalue weighted by molar-refractivity contribution is 6.07. The molecule has 1 saturated heterocycles. The predicted octanol–water partition coefficient (Wildman–Crippen LogP) is 3.01. The van der Waals surface area contributed by atoms with Gasteiger partial charge in [-0.1, -0.05) is 5.16 Å². The number of alkyl halides is 5. The second-order valence-corrected chi connectivity index (χ2v) is 11.9. The number of carbonyl (C=O) groups is 3. The van der Waals surface area contributed by atoms with E-state index in [1.54, 1.807) is 0 Å². The number of hydrogen-bond acceptors (Lipinski definition) is 8. The minimum absolute atomic E-state index is 0.0225. The first kappa shape index (κ1) is 29.9. The van der Waals surface area contributed by atoms with E-state index in [4.69, 9.17) is 4.63 Å². The maximum Gasteiger partial charge on any atom is 0.408 e. The molecule has 3 aromatic heterocycles. The third-order valence-electron chi connectivity index (χ3n) is 8.78. The first-order valence-corrected chi connectivity index (χ1v) is 14.2. The van der Waals surface area contributed by atoms with Crippen LogP contribution in [0.2, 0.25) is 0 Å². The summed E-state index contributed by atoms with van der Waals surface area (Å²) in [4.78, 5) is 43.4. The lowest BCUT2D eigenvalue weighted by atomic mass is 9.78. The normalized spacial score (nSPS) is 24.7. The second-order valence-electron chi connectivity index (χ2n) is 11.9. The van der Waals surface area contributed by atoms with Crippen molar-refractivity contribution in [1.82, 2.24) is 40.9 Å². The fraction of sp³-hybridized carbons (Fsp3) is 0.593. The van der Waals surface area contributed by atoms with Gasteiger partial charge in [0, 0.05) is 25.8 Å². The third kappa shape index (κ3) is 5.58. The zero-order valence-electron chi connectivity index (χ0n) is 23.5. The molecular weight excluding hydrogens is 595 g/mol. The summed E-state index contributed by atoms with van der Waals surface area (Å²) in [6.07, 6.45) is -1.88. The molecule has 3 amide bonds. The van der Waals surface area contributed by atoms with Crippen molar-refractivity contribution in [2.75, 3.05) is 7.05 Å². The minimum atomic E-state index is -4.74. The van der Waals surface area contributed by atoms with Gasteiger partial charge in [0.1, 0.15) is 17.2 Å². The van der Waals surface area contributed by atoms with Crippen LogP contribution < -0.4 is 16.0 Å². The van der Waals surface area contributed by atoms with Crippen molar-refractivity contribution >= 4 is 23.4 Å². The maximum absolute atomic E-state index is 14.0. The molecule has 0 bridgehead atoms. The van der Waals surface area contributed by atoms with Crippen LogP contribution in [0.15, 0.2) is 23.1 Å². The standard InChI is InChI=1S/C27H29F5N8O4/c1-33-23(42)25(10-17(27(30,31)32)36-24(25)43)9-13-8-18-35-16(12-40(18)34-11-13)19(15-4-6-26(28,29)7-5-15)37-22(41)21-20(14-2-3-14)38-44-39-21/h8,11-12,14-15,17,19H,2-7,9-10H2,1H3,(H,33,42)(H,36,43)(H,37,41)/t17-,19-,25+/m0/s1. The molecule has 3 aromatic rings. The molecule has 2 aliphatic carbocycles. The summed E-state index contributed by atoms with van der Waals surface area (Å²) in [7, 11) is 1.24. The molecule has 0 spiro atoms. The summed E-state index contributed by atoms with van der Waals surface area (Å²) in [5.74, 6) is -5.64. The van der Waals surface area contributed by atoms with Crippen molar-refractivity contribution < 1.29 is 41.0 Å². The molecule has 4 heterocycles. The van der Waals surface area contributed by atoms with E-state index < -0.39 is 59.7 Å². The highest BCUT2D eigenvalue weighted by Crippen LogP contribution is 2.43. The first-order valence-electron chi connectivity index (χ1n) is 14.2. The van der Waals surface area contributed by atoms with E-state index in [-0.39, 0.29) is 54.9 Å².